The quantitative estimate of drug-likeness (QED) is 0.691. The fraction of sp³-hybridized carbons (Fsp3) is 0.455. The largest absolute Gasteiger partial charge is 0.354 e. The molecule has 0 saturated carbocycles. The summed E-state index contributed by atoms with van der Waals surface area (Å²) in [6.45, 7) is 6.88. The van der Waals surface area contributed by atoms with Gasteiger partial charge in [0.2, 0.25) is 10.0 Å². The molecule has 164 valence electrons. The van der Waals surface area contributed by atoms with Crippen LogP contribution in [0.15, 0.2) is 47.5 Å². The van der Waals surface area contributed by atoms with Gasteiger partial charge in [0.05, 0.1) is 11.6 Å². The molecule has 0 unspecified atom stereocenters. The van der Waals surface area contributed by atoms with Crippen molar-refractivity contribution in [3.05, 3.63) is 53.7 Å². The van der Waals surface area contributed by atoms with E-state index in [0.717, 1.165) is 51.6 Å². The summed E-state index contributed by atoms with van der Waals surface area (Å²) in [5.74, 6) is 0.815. The first-order valence-corrected chi connectivity index (χ1v) is 12.0. The van der Waals surface area contributed by atoms with Crippen LogP contribution in [-0.2, 0) is 16.6 Å². The lowest BCUT2D eigenvalue weighted by atomic mass is 10.1. The predicted molar refractivity (Wildman–Crippen MR) is 119 cm³/mol. The minimum atomic E-state index is -3.48. The lowest BCUT2D eigenvalue weighted by Gasteiger charge is -2.35. The van der Waals surface area contributed by atoms with Crippen LogP contribution in [0.4, 0.5) is 5.82 Å². The van der Waals surface area contributed by atoms with Crippen molar-refractivity contribution >= 4 is 15.8 Å². The van der Waals surface area contributed by atoms with Gasteiger partial charge >= 0.3 is 0 Å². The lowest BCUT2D eigenvalue weighted by Crippen LogP contribution is -2.47. The molecule has 2 aliphatic heterocycles. The zero-order valence-corrected chi connectivity index (χ0v) is 18.6. The molecule has 0 aliphatic carbocycles. The first-order chi connectivity index (χ1) is 15.0. The maximum absolute atomic E-state index is 12.9. The molecule has 0 spiro atoms. The van der Waals surface area contributed by atoms with Gasteiger partial charge in [-0.05, 0) is 36.9 Å². The number of sulfonamides is 1. The highest BCUT2D eigenvalue weighted by molar-refractivity contribution is 7.89. The van der Waals surface area contributed by atoms with Gasteiger partial charge < -0.3 is 9.80 Å². The SMILES string of the molecule is CN1CCN(S(=O)(=O)c2ccc(N3CCN(Cc4ccc(C#N)cc4)CC3)nc2)CC1. The van der Waals surface area contributed by atoms with Crippen molar-refractivity contribution in [2.45, 2.75) is 11.4 Å². The van der Waals surface area contributed by atoms with Gasteiger partial charge in [0, 0.05) is 65.1 Å². The number of hydrogen-bond donors (Lipinski definition) is 0. The number of nitriles is 1. The second-order valence-electron chi connectivity index (χ2n) is 8.13. The number of likely N-dealkylation sites (N-methyl/N-ethyl adjacent to an activating group) is 1. The van der Waals surface area contributed by atoms with E-state index in [1.54, 1.807) is 10.4 Å². The summed E-state index contributed by atoms with van der Waals surface area (Å²) in [6.07, 6.45) is 1.49. The summed E-state index contributed by atoms with van der Waals surface area (Å²) in [5.41, 5.74) is 1.88. The van der Waals surface area contributed by atoms with Gasteiger partial charge in [0.15, 0.2) is 0 Å². The van der Waals surface area contributed by atoms with Gasteiger partial charge in [-0.15, -0.1) is 0 Å². The van der Waals surface area contributed by atoms with Gasteiger partial charge in [-0.25, -0.2) is 13.4 Å². The predicted octanol–water partition coefficient (Wildman–Crippen LogP) is 1.21. The van der Waals surface area contributed by atoms with Crippen LogP contribution in [0.1, 0.15) is 11.1 Å². The number of benzene rings is 1. The van der Waals surface area contributed by atoms with Gasteiger partial charge in [0.1, 0.15) is 10.7 Å². The number of anilines is 1. The Balaban J connectivity index is 1.33. The normalized spacial score (nSPS) is 19.3. The first-order valence-electron chi connectivity index (χ1n) is 10.6. The Hall–Kier alpha value is -2.51. The molecule has 1 aromatic carbocycles. The minimum Gasteiger partial charge on any atom is -0.354 e. The molecule has 2 aliphatic rings. The molecule has 0 N–H and O–H groups in total. The molecule has 0 atom stereocenters. The molecule has 8 nitrogen and oxygen atoms in total. The molecule has 31 heavy (non-hydrogen) atoms. The van der Waals surface area contributed by atoms with Crippen LogP contribution in [0.5, 0.6) is 0 Å². The van der Waals surface area contributed by atoms with E-state index in [2.05, 4.69) is 25.8 Å². The van der Waals surface area contributed by atoms with Gasteiger partial charge in [-0.2, -0.15) is 9.57 Å². The van der Waals surface area contributed by atoms with E-state index < -0.39 is 10.0 Å². The van der Waals surface area contributed by atoms with Crippen molar-refractivity contribution < 1.29 is 8.42 Å². The van der Waals surface area contributed by atoms with Crippen LogP contribution < -0.4 is 4.90 Å². The minimum absolute atomic E-state index is 0.264. The Labute approximate surface area is 184 Å². The molecule has 2 saturated heterocycles. The Morgan fingerprint density at radius 1 is 0.935 bits per heavy atom. The highest BCUT2D eigenvalue weighted by Crippen LogP contribution is 2.21. The Bertz CT molecular complexity index is 1020. The molecule has 2 aromatic rings. The number of pyridine rings is 1. The third kappa shape index (κ3) is 5.05. The molecule has 9 heteroatoms. The average molecular weight is 441 g/mol. The fourth-order valence-corrected chi connectivity index (χ4v) is 5.34. The van der Waals surface area contributed by atoms with Crippen molar-refractivity contribution in [2.24, 2.45) is 0 Å². The monoisotopic (exact) mass is 440 g/mol. The van der Waals surface area contributed by atoms with Crippen LogP contribution in [0.25, 0.3) is 0 Å². The molecule has 3 heterocycles. The van der Waals surface area contributed by atoms with Crippen molar-refractivity contribution in [1.29, 1.82) is 5.26 Å². The molecular weight excluding hydrogens is 412 g/mol. The van der Waals surface area contributed by atoms with Gasteiger partial charge in [-0.3, -0.25) is 4.90 Å². The number of aromatic nitrogens is 1. The van der Waals surface area contributed by atoms with E-state index in [-0.39, 0.29) is 4.90 Å². The Morgan fingerprint density at radius 3 is 2.19 bits per heavy atom. The lowest BCUT2D eigenvalue weighted by molar-refractivity contribution is 0.222. The van der Waals surface area contributed by atoms with Crippen molar-refractivity contribution in [1.82, 2.24) is 19.1 Å². The zero-order valence-electron chi connectivity index (χ0n) is 17.8. The molecule has 0 radical (unpaired) electrons. The van der Waals surface area contributed by atoms with Crippen LogP contribution in [0.2, 0.25) is 0 Å². The average Bonchev–Trinajstić information content (AvgIpc) is 2.80. The second-order valence-corrected chi connectivity index (χ2v) is 10.1. The first kappa shape index (κ1) is 21.7. The third-order valence-corrected chi connectivity index (χ3v) is 7.89. The summed E-state index contributed by atoms with van der Waals surface area (Å²) in [7, 11) is -1.48. The maximum Gasteiger partial charge on any atom is 0.244 e. The smallest absolute Gasteiger partial charge is 0.244 e. The van der Waals surface area contributed by atoms with Crippen LogP contribution in [0, 0.1) is 11.3 Å². The molecule has 4 rings (SSSR count). The van der Waals surface area contributed by atoms with Gasteiger partial charge in [0.25, 0.3) is 0 Å². The molecule has 0 amide bonds. The molecule has 0 bridgehead atoms. The summed E-state index contributed by atoms with van der Waals surface area (Å²) < 4.78 is 27.3. The van der Waals surface area contributed by atoms with Crippen LogP contribution >= 0.6 is 0 Å². The van der Waals surface area contributed by atoms with E-state index in [1.807, 2.05) is 37.4 Å². The highest BCUT2D eigenvalue weighted by Gasteiger charge is 2.28. The van der Waals surface area contributed by atoms with Crippen LogP contribution in [-0.4, -0.2) is 86.9 Å². The number of piperazine rings is 2. The van der Waals surface area contributed by atoms with E-state index in [4.69, 9.17) is 5.26 Å². The summed E-state index contributed by atoms with van der Waals surface area (Å²) >= 11 is 0. The third-order valence-electron chi connectivity index (χ3n) is 6.01. The molecular formula is C22H28N6O2S. The van der Waals surface area contributed by atoms with E-state index in [0.29, 0.717) is 18.7 Å². The fourth-order valence-electron chi connectivity index (χ4n) is 3.97. The highest BCUT2D eigenvalue weighted by atomic mass is 32.2. The molecule has 2 fully saturated rings. The second kappa shape index (κ2) is 9.32. The Kier molecular flexibility index (Phi) is 6.53. The zero-order chi connectivity index (χ0) is 21.8. The maximum atomic E-state index is 12.9. The summed E-state index contributed by atoms with van der Waals surface area (Å²) in [6, 6.07) is 13.4. The summed E-state index contributed by atoms with van der Waals surface area (Å²) in [5, 5.41) is 8.92. The number of nitrogens with zero attached hydrogens (tertiary/aromatic N) is 6. The number of rotatable bonds is 5. The Morgan fingerprint density at radius 2 is 1.61 bits per heavy atom. The van der Waals surface area contributed by atoms with E-state index >= 15 is 0 Å². The van der Waals surface area contributed by atoms with Crippen molar-refractivity contribution in [3.8, 4) is 6.07 Å². The number of hydrogen-bond acceptors (Lipinski definition) is 7. The van der Waals surface area contributed by atoms with Gasteiger partial charge in [-0.1, -0.05) is 12.1 Å². The van der Waals surface area contributed by atoms with Crippen molar-refractivity contribution in [3.63, 3.8) is 0 Å². The van der Waals surface area contributed by atoms with E-state index in [1.165, 1.54) is 11.8 Å². The van der Waals surface area contributed by atoms with E-state index in [9.17, 15) is 8.42 Å². The topological polar surface area (TPSA) is 83.8 Å². The van der Waals surface area contributed by atoms with Crippen LogP contribution in [0.3, 0.4) is 0 Å². The summed E-state index contributed by atoms with van der Waals surface area (Å²) in [4.78, 5) is 11.4. The molecule has 1 aromatic heterocycles. The van der Waals surface area contributed by atoms with Crippen molar-refractivity contribution in [2.75, 3.05) is 64.3 Å². The standard InChI is InChI=1S/C22H28N6O2S/c1-25-8-14-28(15-9-25)31(29,30)21-6-7-22(24-17-21)27-12-10-26(11-13-27)18-20-4-2-19(16-23)3-5-20/h2-7,17H,8-15,18H2,1H3.